The molecule has 0 unspecified atom stereocenters. The van der Waals surface area contributed by atoms with Gasteiger partial charge in [-0.1, -0.05) is 12.1 Å². The van der Waals surface area contributed by atoms with Crippen LogP contribution in [0.3, 0.4) is 0 Å². The zero-order valence-electron chi connectivity index (χ0n) is 15.6. The van der Waals surface area contributed by atoms with Crippen LogP contribution >= 0.6 is 0 Å². The summed E-state index contributed by atoms with van der Waals surface area (Å²) in [5, 5.41) is 41.9. The maximum absolute atomic E-state index is 11.0. The molecule has 0 radical (unpaired) electrons. The monoisotopic (exact) mass is 382 g/mol. The van der Waals surface area contributed by atoms with Gasteiger partial charge in [0.2, 0.25) is 0 Å². The molecule has 8 N–H and O–H groups in total. The van der Waals surface area contributed by atoms with Gasteiger partial charge < -0.3 is 31.9 Å². The van der Waals surface area contributed by atoms with Crippen LogP contribution in [0, 0.1) is 23.7 Å². The summed E-state index contributed by atoms with van der Waals surface area (Å²) in [4.78, 5) is 0. The number of phenolic OH excluding ortho intramolecular Hbond substituents is 4. The van der Waals surface area contributed by atoms with Gasteiger partial charge in [0.05, 0.1) is 0 Å². The Bertz CT molecular complexity index is 884. The van der Waals surface area contributed by atoms with E-state index in [1.165, 1.54) is 18.6 Å². The van der Waals surface area contributed by atoms with Crippen molar-refractivity contribution in [3.05, 3.63) is 35.4 Å². The molecule has 4 saturated carbocycles. The lowest BCUT2D eigenvalue weighted by atomic mass is 9.42. The lowest BCUT2D eigenvalue weighted by Crippen LogP contribution is -2.56. The molecule has 4 aliphatic carbocycles. The molecule has 0 heterocycles. The van der Waals surface area contributed by atoms with E-state index in [1.54, 1.807) is 12.1 Å². The van der Waals surface area contributed by atoms with E-state index < -0.39 is 5.41 Å². The molecule has 4 aliphatic rings. The first-order valence-electron chi connectivity index (χ1n) is 9.95. The van der Waals surface area contributed by atoms with Crippen molar-refractivity contribution in [2.75, 3.05) is 11.5 Å². The molecule has 4 fully saturated rings. The molecule has 6 nitrogen and oxygen atoms in total. The Morgan fingerprint density at radius 3 is 1.43 bits per heavy atom. The number of anilines is 2. The van der Waals surface area contributed by atoms with Crippen LogP contribution in [0.1, 0.15) is 43.2 Å². The number of nitrogens with two attached hydrogens (primary N) is 2. The number of nitrogen functional groups attached to an aromatic ring is 2. The SMILES string of the molecule is Nc1c(O)ccc(C2(c3ccc(O)c(N)c3O)C3CC4CC(C3)CC2C4)c1O. The highest BCUT2D eigenvalue weighted by molar-refractivity contribution is 5.72. The Morgan fingerprint density at radius 2 is 1.04 bits per heavy atom. The van der Waals surface area contributed by atoms with Crippen LogP contribution in [0.2, 0.25) is 0 Å². The highest BCUT2D eigenvalue weighted by atomic mass is 16.3. The van der Waals surface area contributed by atoms with Gasteiger partial charge in [-0.25, -0.2) is 0 Å². The van der Waals surface area contributed by atoms with Gasteiger partial charge in [-0.3, -0.25) is 0 Å². The van der Waals surface area contributed by atoms with Crippen LogP contribution in [0.25, 0.3) is 0 Å². The van der Waals surface area contributed by atoms with Gasteiger partial charge in [0.1, 0.15) is 34.4 Å². The zero-order chi connectivity index (χ0) is 19.8. The Kier molecular flexibility index (Phi) is 3.49. The summed E-state index contributed by atoms with van der Waals surface area (Å²) >= 11 is 0. The lowest BCUT2D eigenvalue weighted by molar-refractivity contribution is -0.0433. The van der Waals surface area contributed by atoms with Crippen LogP contribution in [-0.2, 0) is 5.41 Å². The highest BCUT2D eigenvalue weighted by Gasteiger charge is 2.60. The molecule has 2 aromatic rings. The summed E-state index contributed by atoms with van der Waals surface area (Å²) in [6, 6.07) is 6.48. The molecule has 0 amide bonds. The molecular formula is C22H26N2O4. The van der Waals surface area contributed by atoms with E-state index in [2.05, 4.69) is 0 Å². The lowest BCUT2D eigenvalue weighted by Gasteiger charge is -2.62. The third-order valence-corrected chi connectivity index (χ3v) is 7.71. The molecule has 0 spiro atoms. The molecule has 4 bridgehead atoms. The van der Waals surface area contributed by atoms with Crippen LogP contribution in [0.4, 0.5) is 11.4 Å². The van der Waals surface area contributed by atoms with E-state index in [1.807, 2.05) is 0 Å². The first-order valence-corrected chi connectivity index (χ1v) is 9.95. The average Bonchev–Trinajstić information content (AvgIpc) is 2.66. The van der Waals surface area contributed by atoms with E-state index in [0.29, 0.717) is 23.0 Å². The number of hydrogen-bond acceptors (Lipinski definition) is 6. The Labute approximate surface area is 163 Å². The van der Waals surface area contributed by atoms with E-state index in [0.717, 1.165) is 25.7 Å². The number of rotatable bonds is 2. The standard InChI is InChI=1S/C22H26N2O4/c23-18-16(25)3-1-14(20(18)27)22(15-2-4-17(26)19(24)21(15)28)12-6-10-5-11(8-12)9-13(22)7-10/h1-4,10-13,25-28H,5-9,23-24H2. The highest BCUT2D eigenvalue weighted by Crippen LogP contribution is 2.68. The number of phenols is 4. The summed E-state index contributed by atoms with van der Waals surface area (Å²) in [7, 11) is 0. The molecule has 6 rings (SSSR count). The third-order valence-electron chi connectivity index (χ3n) is 7.71. The van der Waals surface area contributed by atoms with Gasteiger partial charge in [-0.2, -0.15) is 0 Å². The van der Waals surface area contributed by atoms with E-state index in [4.69, 9.17) is 11.5 Å². The Hall–Kier alpha value is -2.76. The molecule has 0 saturated heterocycles. The molecule has 6 heteroatoms. The minimum Gasteiger partial charge on any atom is -0.506 e. The maximum atomic E-state index is 11.0. The van der Waals surface area contributed by atoms with Crippen LogP contribution in [-0.4, -0.2) is 20.4 Å². The van der Waals surface area contributed by atoms with Crippen molar-refractivity contribution in [2.45, 2.75) is 37.5 Å². The largest absolute Gasteiger partial charge is 0.506 e. The summed E-state index contributed by atoms with van der Waals surface area (Å²) < 4.78 is 0. The van der Waals surface area contributed by atoms with Gasteiger partial charge in [0.25, 0.3) is 0 Å². The third kappa shape index (κ3) is 2.03. The van der Waals surface area contributed by atoms with Gasteiger partial charge in [-0.15, -0.1) is 0 Å². The fraction of sp³-hybridized carbons (Fsp3) is 0.455. The van der Waals surface area contributed by atoms with Crippen LogP contribution in [0.5, 0.6) is 23.0 Å². The van der Waals surface area contributed by atoms with Crippen molar-refractivity contribution >= 4 is 11.4 Å². The van der Waals surface area contributed by atoms with Gasteiger partial charge in [0.15, 0.2) is 0 Å². The fourth-order valence-electron chi connectivity index (χ4n) is 6.81. The van der Waals surface area contributed by atoms with Gasteiger partial charge >= 0.3 is 0 Å². The van der Waals surface area contributed by atoms with Crippen molar-refractivity contribution in [1.82, 2.24) is 0 Å². The van der Waals surface area contributed by atoms with Crippen molar-refractivity contribution in [3.63, 3.8) is 0 Å². The van der Waals surface area contributed by atoms with Crippen molar-refractivity contribution < 1.29 is 20.4 Å². The summed E-state index contributed by atoms with van der Waals surface area (Å²) in [6.07, 6.45) is 5.35. The van der Waals surface area contributed by atoms with Crippen molar-refractivity contribution in [3.8, 4) is 23.0 Å². The topological polar surface area (TPSA) is 133 Å². The van der Waals surface area contributed by atoms with Crippen molar-refractivity contribution in [2.24, 2.45) is 23.7 Å². The smallest absolute Gasteiger partial charge is 0.146 e. The quantitative estimate of drug-likeness (QED) is 0.348. The zero-order valence-corrected chi connectivity index (χ0v) is 15.6. The predicted molar refractivity (Wildman–Crippen MR) is 106 cm³/mol. The maximum Gasteiger partial charge on any atom is 0.146 e. The number of benzene rings is 2. The average molecular weight is 382 g/mol. The second-order valence-corrected chi connectivity index (χ2v) is 8.96. The second kappa shape index (κ2) is 5.63. The summed E-state index contributed by atoms with van der Waals surface area (Å²) in [5.74, 6) is 1.23. The number of aromatic hydroxyl groups is 4. The predicted octanol–water partition coefficient (Wildman–Crippen LogP) is 3.42. The number of hydrogen-bond donors (Lipinski definition) is 6. The normalized spacial score (nSPS) is 29.9. The minimum absolute atomic E-state index is 0.0445. The molecule has 28 heavy (non-hydrogen) atoms. The van der Waals surface area contributed by atoms with Crippen LogP contribution in [0.15, 0.2) is 24.3 Å². The first kappa shape index (κ1) is 17.3. The van der Waals surface area contributed by atoms with Gasteiger partial charge in [-0.05, 0) is 67.9 Å². The molecule has 148 valence electrons. The molecule has 0 aromatic heterocycles. The molecule has 0 atom stereocenters. The molecular weight excluding hydrogens is 356 g/mol. The van der Waals surface area contributed by atoms with E-state index in [9.17, 15) is 20.4 Å². The van der Waals surface area contributed by atoms with Crippen LogP contribution < -0.4 is 11.5 Å². The van der Waals surface area contributed by atoms with E-state index >= 15 is 0 Å². The summed E-state index contributed by atoms with van der Waals surface area (Å²) in [6.45, 7) is 0. The Morgan fingerprint density at radius 1 is 0.643 bits per heavy atom. The summed E-state index contributed by atoms with van der Waals surface area (Å²) in [5.41, 5.74) is 12.5. The molecule has 2 aromatic carbocycles. The first-order chi connectivity index (χ1) is 13.3. The fourth-order valence-corrected chi connectivity index (χ4v) is 6.81. The van der Waals surface area contributed by atoms with Gasteiger partial charge in [0, 0.05) is 16.5 Å². The van der Waals surface area contributed by atoms with E-state index in [-0.39, 0.29) is 46.2 Å². The Balaban J connectivity index is 1.83. The van der Waals surface area contributed by atoms with Crippen molar-refractivity contribution in [1.29, 1.82) is 0 Å². The second-order valence-electron chi connectivity index (χ2n) is 8.96. The minimum atomic E-state index is -0.648. The molecule has 0 aliphatic heterocycles.